The molecule has 0 radical (unpaired) electrons. The topological polar surface area (TPSA) is 117 Å². The Balaban J connectivity index is 1.66. The van der Waals surface area contributed by atoms with E-state index in [1.807, 2.05) is 62.4 Å². The molecule has 204 valence electrons. The summed E-state index contributed by atoms with van der Waals surface area (Å²) >= 11 is 0. The van der Waals surface area contributed by atoms with Crippen molar-refractivity contribution in [2.45, 2.75) is 33.2 Å². The first-order valence-corrected chi connectivity index (χ1v) is 12.9. The molecule has 0 fully saturated rings. The molecule has 3 amide bonds. The van der Waals surface area contributed by atoms with E-state index in [0.29, 0.717) is 30.0 Å². The molecule has 0 aliphatic carbocycles. The van der Waals surface area contributed by atoms with E-state index in [4.69, 9.17) is 4.52 Å². The van der Waals surface area contributed by atoms with Gasteiger partial charge in [0.05, 0.1) is 0 Å². The van der Waals surface area contributed by atoms with Gasteiger partial charge in [0.1, 0.15) is 11.8 Å². The van der Waals surface area contributed by atoms with Crippen LogP contribution in [0.15, 0.2) is 95.8 Å². The maximum Gasteiger partial charge on any atom is 0.252 e. The minimum atomic E-state index is -1.02. The maximum atomic E-state index is 13.8. The third-order valence-electron chi connectivity index (χ3n) is 6.20. The highest BCUT2D eigenvalue weighted by Crippen LogP contribution is 2.31. The third-order valence-corrected chi connectivity index (χ3v) is 6.20. The van der Waals surface area contributed by atoms with Gasteiger partial charge in [-0.05, 0) is 67.6 Å². The van der Waals surface area contributed by atoms with Crippen LogP contribution in [0.1, 0.15) is 34.1 Å². The number of nitrogens with zero attached hydrogens (tertiary/aromatic N) is 3. The zero-order chi connectivity index (χ0) is 28.5. The van der Waals surface area contributed by atoms with Crippen LogP contribution in [0.25, 0.3) is 0 Å². The second-order valence-corrected chi connectivity index (χ2v) is 9.35. The van der Waals surface area contributed by atoms with E-state index in [0.717, 1.165) is 28.8 Å². The summed E-state index contributed by atoms with van der Waals surface area (Å²) in [6, 6.07) is 19.5. The van der Waals surface area contributed by atoms with Crippen molar-refractivity contribution in [3.05, 3.63) is 119 Å². The van der Waals surface area contributed by atoms with E-state index in [1.165, 1.54) is 4.90 Å². The molecule has 1 atom stereocenters. The van der Waals surface area contributed by atoms with Crippen LogP contribution in [0, 0.1) is 20.8 Å². The molecule has 0 unspecified atom stereocenters. The van der Waals surface area contributed by atoms with Crippen molar-refractivity contribution in [3.8, 4) is 0 Å². The van der Waals surface area contributed by atoms with Gasteiger partial charge in [0, 0.05) is 42.8 Å². The molecule has 0 aliphatic heterocycles. The van der Waals surface area contributed by atoms with Crippen LogP contribution in [0.5, 0.6) is 0 Å². The van der Waals surface area contributed by atoms with Gasteiger partial charge in [-0.3, -0.25) is 24.3 Å². The largest absolute Gasteiger partial charge is 0.360 e. The molecule has 9 nitrogen and oxygen atoms in total. The van der Waals surface area contributed by atoms with Crippen molar-refractivity contribution in [1.29, 1.82) is 0 Å². The fourth-order valence-electron chi connectivity index (χ4n) is 4.22. The van der Waals surface area contributed by atoms with Gasteiger partial charge in [0.15, 0.2) is 5.82 Å². The van der Waals surface area contributed by atoms with Gasteiger partial charge in [0.25, 0.3) is 5.91 Å². The highest BCUT2D eigenvalue weighted by atomic mass is 16.5. The van der Waals surface area contributed by atoms with E-state index in [2.05, 4.69) is 20.8 Å². The van der Waals surface area contributed by atoms with Crippen molar-refractivity contribution < 1.29 is 18.9 Å². The van der Waals surface area contributed by atoms with Gasteiger partial charge in [0.2, 0.25) is 11.8 Å². The lowest BCUT2D eigenvalue weighted by atomic mass is 10.0. The number of nitrogens with one attached hydrogen (secondary N) is 2. The molecule has 40 heavy (non-hydrogen) atoms. The van der Waals surface area contributed by atoms with Crippen molar-refractivity contribution in [3.63, 3.8) is 0 Å². The number of benzene rings is 2. The average molecular weight is 538 g/mol. The predicted molar refractivity (Wildman–Crippen MR) is 153 cm³/mol. The minimum absolute atomic E-state index is 0.235. The molecular formula is C31H31N5O4. The van der Waals surface area contributed by atoms with E-state index in [1.54, 1.807) is 37.5 Å². The Morgan fingerprint density at radius 3 is 2.40 bits per heavy atom. The molecule has 0 spiro atoms. The zero-order valence-electron chi connectivity index (χ0n) is 22.6. The van der Waals surface area contributed by atoms with Crippen molar-refractivity contribution >= 4 is 29.2 Å². The normalized spacial score (nSPS) is 11.7. The fourth-order valence-corrected chi connectivity index (χ4v) is 4.22. The first-order valence-electron chi connectivity index (χ1n) is 12.9. The molecule has 0 saturated heterocycles. The van der Waals surface area contributed by atoms with Gasteiger partial charge in [-0.2, -0.15) is 0 Å². The summed E-state index contributed by atoms with van der Waals surface area (Å²) in [5.74, 6) is -0.684. The molecule has 2 aromatic heterocycles. The second kappa shape index (κ2) is 13.1. The Kier molecular flexibility index (Phi) is 9.19. The number of carbonyl (C=O) groups excluding carboxylic acids is 3. The summed E-state index contributed by atoms with van der Waals surface area (Å²) in [5, 5.41) is 9.28. The molecule has 2 N–H and O–H groups in total. The molecule has 2 aromatic carbocycles. The van der Waals surface area contributed by atoms with Crippen LogP contribution in [0.2, 0.25) is 0 Å². The summed E-state index contributed by atoms with van der Waals surface area (Å²) in [4.78, 5) is 45.6. The number of carbonyl (C=O) groups is 3. The average Bonchev–Trinajstić information content (AvgIpc) is 3.36. The monoisotopic (exact) mass is 537 g/mol. The van der Waals surface area contributed by atoms with Crippen molar-refractivity contribution in [2.24, 2.45) is 0 Å². The number of aryl methyl sites for hydroxylation is 3. The summed E-state index contributed by atoms with van der Waals surface area (Å²) < 4.78 is 4.97. The molecule has 4 aromatic rings. The van der Waals surface area contributed by atoms with Gasteiger partial charge < -0.3 is 15.2 Å². The lowest BCUT2D eigenvalue weighted by Gasteiger charge is -2.32. The highest BCUT2D eigenvalue weighted by molar-refractivity contribution is 6.10. The van der Waals surface area contributed by atoms with Gasteiger partial charge in [-0.15, -0.1) is 0 Å². The quantitative estimate of drug-likeness (QED) is 0.285. The van der Waals surface area contributed by atoms with Gasteiger partial charge in [-0.1, -0.05) is 47.6 Å². The number of hydrogen-bond acceptors (Lipinski definition) is 6. The lowest BCUT2D eigenvalue weighted by Crippen LogP contribution is -2.44. The third kappa shape index (κ3) is 7.28. The molecule has 0 saturated carbocycles. The maximum absolute atomic E-state index is 13.8. The van der Waals surface area contributed by atoms with Crippen LogP contribution in [0.3, 0.4) is 0 Å². The zero-order valence-corrected chi connectivity index (χ0v) is 22.6. The van der Waals surface area contributed by atoms with Crippen LogP contribution >= 0.6 is 0 Å². The summed E-state index contributed by atoms with van der Waals surface area (Å²) in [6.07, 6.45) is 6.05. The van der Waals surface area contributed by atoms with E-state index in [9.17, 15) is 14.4 Å². The van der Waals surface area contributed by atoms with Gasteiger partial charge in [-0.25, -0.2) is 0 Å². The first-order chi connectivity index (χ1) is 19.3. The standard InChI is InChI=1S/C31H31N5O4/c1-21-9-10-22(2)26(19-21)36(29(38)12-11-28(37)34-27-20-23(3)40-35-27)30(25-14-16-32-17-15-25)31(39)33-18-13-24-7-5-4-6-8-24/h4-12,14-17,19-20,30H,13,18H2,1-3H3,(H,33,39)(H,34,35,37)/b12-11+/t30-/m1/s1. The molecule has 9 heteroatoms. The summed E-state index contributed by atoms with van der Waals surface area (Å²) in [6.45, 7) is 5.87. The van der Waals surface area contributed by atoms with E-state index >= 15 is 0 Å². The SMILES string of the molecule is Cc1ccc(C)c(N(C(=O)/C=C/C(=O)Nc2cc(C)on2)[C@@H](C(=O)NCCc2ccccc2)c2ccncc2)c1. The van der Waals surface area contributed by atoms with Crippen LogP contribution in [0.4, 0.5) is 11.5 Å². The van der Waals surface area contributed by atoms with Crippen LogP contribution in [-0.4, -0.2) is 34.4 Å². The number of anilines is 2. The Bertz CT molecular complexity index is 1500. The Morgan fingerprint density at radius 1 is 0.950 bits per heavy atom. The number of rotatable bonds is 10. The van der Waals surface area contributed by atoms with Gasteiger partial charge >= 0.3 is 0 Å². The summed E-state index contributed by atoms with van der Waals surface area (Å²) in [5.41, 5.74) is 3.94. The molecule has 0 aliphatic rings. The van der Waals surface area contributed by atoms with Crippen molar-refractivity contribution in [1.82, 2.24) is 15.5 Å². The smallest absolute Gasteiger partial charge is 0.252 e. The lowest BCUT2D eigenvalue weighted by molar-refractivity contribution is -0.125. The molecular weight excluding hydrogens is 506 g/mol. The number of amides is 3. The molecule has 0 bridgehead atoms. The number of aromatic nitrogens is 2. The second-order valence-electron chi connectivity index (χ2n) is 9.35. The first kappa shape index (κ1) is 28.0. The predicted octanol–water partition coefficient (Wildman–Crippen LogP) is 4.62. The van der Waals surface area contributed by atoms with Crippen molar-refractivity contribution in [2.75, 3.05) is 16.8 Å². The molecule has 2 heterocycles. The Hall–Kier alpha value is -5.05. The summed E-state index contributed by atoms with van der Waals surface area (Å²) in [7, 11) is 0. The number of hydrogen-bond donors (Lipinski definition) is 2. The Labute approximate surface area is 232 Å². The minimum Gasteiger partial charge on any atom is -0.360 e. The Morgan fingerprint density at radius 2 is 1.70 bits per heavy atom. The number of pyridine rings is 1. The van der Waals surface area contributed by atoms with Crippen LogP contribution < -0.4 is 15.5 Å². The van der Waals surface area contributed by atoms with Crippen LogP contribution in [-0.2, 0) is 20.8 Å². The van der Waals surface area contributed by atoms with E-state index in [-0.39, 0.29) is 11.7 Å². The molecule has 4 rings (SSSR count). The fraction of sp³-hybridized carbons (Fsp3) is 0.194. The van der Waals surface area contributed by atoms with E-state index < -0.39 is 17.9 Å². The highest BCUT2D eigenvalue weighted by Gasteiger charge is 2.32.